The first-order valence-corrected chi connectivity index (χ1v) is 10.7. The van der Waals surface area contributed by atoms with Crippen molar-refractivity contribution in [3.8, 4) is 11.5 Å². The highest BCUT2D eigenvalue weighted by Gasteiger charge is 2.32. The molecule has 1 aliphatic heterocycles. The van der Waals surface area contributed by atoms with E-state index < -0.39 is 0 Å². The van der Waals surface area contributed by atoms with E-state index in [9.17, 15) is 9.59 Å². The lowest BCUT2D eigenvalue weighted by atomic mass is 9.98. The lowest BCUT2D eigenvalue weighted by Gasteiger charge is -2.19. The van der Waals surface area contributed by atoms with E-state index in [0.717, 1.165) is 24.2 Å². The van der Waals surface area contributed by atoms with E-state index in [4.69, 9.17) is 15.2 Å². The number of nitrogens with one attached hydrogen (secondary N) is 1. The van der Waals surface area contributed by atoms with Crippen molar-refractivity contribution < 1.29 is 19.1 Å². The summed E-state index contributed by atoms with van der Waals surface area (Å²) in [5, 5.41) is 2.69. The van der Waals surface area contributed by atoms with E-state index in [0.29, 0.717) is 30.4 Å². The molecule has 2 amide bonds. The Morgan fingerprint density at radius 1 is 1.23 bits per heavy atom. The number of anilines is 2. The molecule has 4 rings (SSSR count). The van der Waals surface area contributed by atoms with E-state index in [1.807, 2.05) is 18.2 Å². The number of likely N-dealkylation sites (tertiary alicyclic amines) is 1. The maximum Gasteiger partial charge on any atom is 0.245 e. The van der Waals surface area contributed by atoms with Crippen LogP contribution in [-0.2, 0) is 9.59 Å². The molecule has 8 nitrogen and oxygen atoms in total. The number of ether oxygens (including phenoxy) is 2. The van der Waals surface area contributed by atoms with E-state index in [2.05, 4.69) is 10.3 Å². The normalized spacial score (nSPS) is 18.9. The molecular formula is C23H28N4O4. The fraction of sp³-hybridized carbons (Fsp3) is 0.435. The first-order chi connectivity index (χ1) is 15.0. The number of pyridine rings is 1. The topological polar surface area (TPSA) is 107 Å². The molecule has 2 aromatic rings. The minimum Gasteiger partial charge on any atom is -0.493 e. The van der Waals surface area contributed by atoms with Crippen LogP contribution in [0, 0.1) is 0 Å². The molecule has 31 heavy (non-hydrogen) atoms. The summed E-state index contributed by atoms with van der Waals surface area (Å²) in [6.07, 6.45) is 5.06. The summed E-state index contributed by atoms with van der Waals surface area (Å²) in [4.78, 5) is 30.5. The van der Waals surface area contributed by atoms with Crippen molar-refractivity contribution in [3.05, 3.63) is 42.0 Å². The second kappa shape index (κ2) is 9.24. The van der Waals surface area contributed by atoms with Crippen LogP contribution in [0.5, 0.6) is 11.5 Å². The van der Waals surface area contributed by atoms with Gasteiger partial charge in [0.2, 0.25) is 11.8 Å². The lowest BCUT2D eigenvalue weighted by molar-refractivity contribution is -0.131. The van der Waals surface area contributed by atoms with Crippen LogP contribution >= 0.6 is 0 Å². The molecule has 8 heteroatoms. The van der Waals surface area contributed by atoms with Gasteiger partial charge in [0.25, 0.3) is 0 Å². The SMILES string of the molecule is COc1ccc(C2CC(=O)N(CC(=O)Nc3cccc(N)n3)C2)cc1OC1CCCC1. The quantitative estimate of drug-likeness (QED) is 0.708. The zero-order valence-corrected chi connectivity index (χ0v) is 17.7. The van der Waals surface area contributed by atoms with Gasteiger partial charge in [-0.1, -0.05) is 12.1 Å². The number of amides is 2. The van der Waals surface area contributed by atoms with Crippen molar-refractivity contribution >= 4 is 23.5 Å². The Labute approximate surface area is 181 Å². The largest absolute Gasteiger partial charge is 0.493 e. The number of methoxy groups -OCH3 is 1. The Hall–Kier alpha value is -3.29. The fourth-order valence-corrected chi connectivity index (χ4v) is 4.25. The Morgan fingerprint density at radius 3 is 2.77 bits per heavy atom. The highest BCUT2D eigenvalue weighted by Crippen LogP contribution is 2.37. The highest BCUT2D eigenvalue weighted by atomic mass is 16.5. The monoisotopic (exact) mass is 424 g/mol. The lowest BCUT2D eigenvalue weighted by Crippen LogP contribution is -2.34. The van der Waals surface area contributed by atoms with Gasteiger partial charge >= 0.3 is 0 Å². The summed E-state index contributed by atoms with van der Waals surface area (Å²) in [6, 6.07) is 10.9. The third kappa shape index (κ3) is 5.07. The summed E-state index contributed by atoms with van der Waals surface area (Å²) in [5.74, 6) is 1.78. The van der Waals surface area contributed by atoms with Crippen LogP contribution in [0.1, 0.15) is 43.6 Å². The maximum absolute atomic E-state index is 12.5. The number of nitrogens with two attached hydrogens (primary N) is 1. The van der Waals surface area contributed by atoms with E-state index >= 15 is 0 Å². The molecule has 0 bridgehead atoms. The molecule has 1 unspecified atom stereocenters. The van der Waals surface area contributed by atoms with Crippen molar-refractivity contribution in [1.29, 1.82) is 0 Å². The summed E-state index contributed by atoms with van der Waals surface area (Å²) in [7, 11) is 1.63. The second-order valence-electron chi connectivity index (χ2n) is 8.11. The summed E-state index contributed by atoms with van der Waals surface area (Å²) >= 11 is 0. The molecule has 2 heterocycles. The van der Waals surface area contributed by atoms with Crippen LogP contribution in [0.25, 0.3) is 0 Å². The zero-order chi connectivity index (χ0) is 21.8. The predicted octanol–water partition coefficient (Wildman–Crippen LogP) is 2.95. The minimum atomic E-state index is -0.299. The average Bonchev–Trinajstić information content (AvgIpc) is 3.38. The molecule has 0 spiro atoms. The number of nitrogen functional groups attached to an aromatic ring is 1. The molecule has 2 fully saturated rings. The number of aromatic nitrogens is 1. The molecule has 164 valence electrons. The van der Waals surface area contributed by atoms with E-state index in [1.54, 1.807) is 30.2 Å². The molecule has 1 saturated carbocycles. The van der Waals surface area contributed by atoms with Crippen LogP contribution < -0.4 is 20.5 Å². The molecule has 3 N–H and O–H groups in total. The van der Waals surface area contributed by atoms with Crippen LogP contribution in [-0.4, -0.2) is 48.0 Å². The summed E-state index contributed by atoms with van der Waals surface area (Å²) in [5.41, 5.74) is 6.66. The van der Waals surface area contributed by atoms with Crippen LogP contribution in [0.3, 0.4) is 0 Å². The minimum absolute atomic E-state index is 0.00243. The standard InChI is InChI=1S/C23H28N4O4/c1-30-18-10-9-15(11-19(18)31-17-5-2-3-6-17)16-12-23(29)27(13-16)14-22(28)26-21-8-4-7-20(24)25-21/h4,7-11,16-17H,2-3,5-6,12-14H2,1H3,(H3,24,25,26,28). The van der Waals surface area contributed by atoms with Crippen molar-refractivity contribution in [2.24, 2.45) is 0 Å². The predicted molar refractivity (Wildman–Crippen MR) is 117 cm³/mol. The molecule has 1 atom stereocenters. The van der Waals surface area contributed by atoms with Gasteiger partial charge in [0.1, 0.15) is 11.6 Å². The number of nitrogens with zero attached hydrogens (tertiary/aromatic N) is 2. The van der Waals surface area contributed by atoms with Crippen molar-refractivity contribution in [3.63, 3.8) is 0 Å². The van der Waals surface area contributed by atoms with Gasteiger partial charge in [0.05, 0.1) is 19.8 Å². The molecule has 1 aromatic carbocycles. The Balaban J connectivity index is 1.40. The Morgan fingerprint density at radius 2 is 2.03 bits per heavy atom. The molecule has 1 saturated heterocycles. The van der Waals surface area contributed by atoms with Gasteiger partial charge in [-0.3, -0.25) is 9.59 Å². The molecule has 1 aliphatic carbocycles. The number of benzene rings is 1. The van der Waals surface area contributed by atoms with E-state index in [-0.39, 0.29) is 30.4 Å². The first kappa shape index (κ1) is 21.0. The fourth-order valence-electron chi connectivity index (χ4n) is 4.25. The summed E-state index contributed by atoms with van der Waals surface area (Å²) < 4.78 is 11.7. The third-order valence-electron chi connectivity index (χ3n) is 5.84. The van der Waals surface area contributed by atoms with Gasteiger partial charge in [0.15, 0.2) is 11.5 Å². The van der Waals surface area contributed by atoms with Crippen LogP contribution in [0.2, 0.25) is 0 Å². The van der Waals surface area contributed by atoms with Crippen molar-refractivity contribution in [2.45, 2.75) is 44.1 Å². The van der Waals surface area contributed by atoms with Crippen molar-refractivity contribution in [1.82, 2.24) is 9.88 Å². The van der Waals surface area contributed by atoms with Crippen molar-refractivity contribution in [2.75, 3.05) is 31.2 Å². The second-order valence-corrected chi connectivity index (χ2v) is 8.11. The van der Waals surface area contributed by atoms with E-state index in [1.165, 1.54) is 12.8 Å². The number of carbonyl (C=O) groups is 2. The Kier molecular flexibility index (Phi) is 6.25. The maximum atomic E-state index is 12.5. The van der Waals surface area contributed by atoms with Gasteiger partial charge in [-0.25, -0.2) is 4.98 Å². The van der Waals surface area contributed by atoms with Gasteiger partial charge in [0, 0.05) is 18.9 Å². The molecule has 0 radical (unpaired) electrons. The van der Waals surface area contributed by atoms with Gasteiger partial charge in [-0.2, -0.15) is 0 Å². The Bertz CT molecular complexity index is 958. The zero-order valence-electron chi connectivity index (χ0n) is 17.7. The number of carbonyl (C=O) groups excluding carboxylic acids is 2. The molecule has 2 aliphatic rings. The third-order valence-corrected chi connectivity index (χ3v) is 5.84. The van der Waals surface area contributed by atoms with Gasteiger partial charge in [-0.15, -0.1) is 0 Å². The average molecular weight is 425 g/mol. The highest BCUT2D eigenvalue weighted by molar-refractivity contribution is 5.94. The molecular weight excluding hydrogens is 396 g/mol. The van der Waals surface area contributed by atoms with Gasteiger partial charge in [-0.05, 0) is 55.5 Å². The van der Waals surface area contributed by atoms with Crippen LogP contribution in [0.4, 0.5) is 11.6 Å². The number of rotatable bonds is 7. The smallest absolute Gasteiger partial charge is 0.245 e. The number of hydrogen-bond donors (Lipinski definition) is 2. The molecule has 1 aromatic heterocycles. The van der Waals surface area contributed by atoms with Crippen LogP contribution in [0.15, 0.2) is 36.4 Å². The number of hydrogen-bond acceptors (Lipinski definition) is 6. The summed E-state index contributed by atoms with van der Waals surface area (Å²) in [6.45, 7) is 0.458. The first-order valence-electron chi connectivity index (χ1n) is 10.7. The van der Waals surface area contributed by atoms with Gasteiger partial charge < -0.3 is 25.4 Å².